The van der Waals surface area contributed by atoms with Crippen LogP contribution in [0, 0.1) is 5.92 Å². The molecule has 6 rings (SSSR count). The van der Waals surface area contributed by atoms with Crippen molar-refractivity contribution >= 4 is 30.0 Å². The highest BCUT2D eigenvalue weighted by molar-refractivity contribution is 6.03. The minimum absolute atomic E-state index is 0.0599. The normalized spacial score (nSPS) is 22.7. The van der Waals surface area contributed by atoms with E-state index in [4.69, 9.17) is 18.9 Å². The molecule has 1 heterocycles. The monoisotopic (exact) mass is 880 g/mol. The van der Waals surface area contributed by atoms with Gasteiger partial charge in [0, 0.05) is 18.8 Å². The molecule has 0 amide bonds. The smallest absolute Gasteiger partial charge is 0.345 e. The molecular weight excluding hydrogens is 840 g/mol. The largest absolute Gasteiger partial charge is 0.504 e. The van der Waals surface area contributed by atoms with Crippen LogP contribution in [0.1, 0.15) is 33.7 Å². The molecule has 13 N–H and O–H groups in total. The van der Waals surface area contributed by atoms with Gasteiger partial charge in [-0.25, -0.2) is 14.4 Å². The van der Waals surface area contributed by atoms with Crippen molar-refractivity contribution in [3.63, 3.8) is 0 Å². The molecular formula is C42H40O21. The van der Waals surface area contributed by atoms with Crippen molar-refractivity contribution in [1.29, 1.82) is 0 Å². The summed E-state index contributed by atoms with van der Waals surface area (Å²) in [6.07, 6.45) is -13.3. The molecule has 9 atom stereocenters. The number of esters is 2. The van der Waals surface area contributed by atoms with Crippen molar-refractivity contribution in [2.75, 3.05) is 6.61 Å². The molecule has 63 heavy (non-hydrogen) atoms. The van der Waals surface area contributed by atoms with E-state index in [1.54, 1.807) is 0 Å². The van der Waals surface area contributed by atoms with E-state index in [1.165, 1.54) is 18.2 Å². The first-order valence-electron chi connectivity index (χ1n) is 18.7. The predicted molar refractivity (Wildman–Crippen MR) is 208 cm³/mol. The van der Waals surface area contributed by atoms with Gasteiger partial charge in [0.25, 0.3) is 0 Å². The summed E-state index contributed by atoms with van der Waals surface area (Å²) >= 11 is 0. The number of aliphatic hydroxyl groups is 4. The fourth-order valence-electron chi connectivity index (χ4n) is 7.14. The Morgan fingerprint density at radius 2 is 1.16 bits per heavy atom. The fourth-order valence-corrected chi connectivity index (χ4v) is 7.14. The lowest BCUT2D eigenvalue weighted by Crippen LogP contribution is -2.60. The van der Waals surface area contributed by atoms with Crippen LogP contribution in [0.15, 0.2) is 72.3 Å². The number of fused-ring (bicyclic) bond motifs is 1. The maximum absolute atomic E-state index is 14.6. The highest BCUT2D eigenvalue weighted by Crippen LogP contribution is 2.49. The van der Waals surface area contributed by atoms with Gasteiger partial charge in [0.05, 0.1) is 18.1 Å². The van der Waals surface area contributed by atoms with Gasteiger partial charge in [-0.3, -0.25) is 4.79 Å². The number of phenols is 7. The Hall–Kier alpha value is -7.30. The van der Waals surface area contributed by atoms with Crippen LogP contribution >= 0.6 is 0 Å². The van der Waals surface area contributed by atoms with Gasteiger partial charge in [0.2, 0.25) is 18.5 Å². The Morgan fingerprint density at radius 1 is 0.619 bits per heavy atom. The fraction of sp³-hybridized carbons (Fsp3) is 0.286. The van der Waals surface area contributed by atoms with Crippen LogP contribution < -0.4 is 4.74 Å². The number of rotatable bonds is 14. The number of hydrogen-bond acceptors (Lipinski definition) is 19. The maximum Gasteiger partial charge on any atom is 0.345 e. The molecule has 0 saturated carbocycles. The lowest BCUT2D eigenvalue weighted by Gasteiger charge is -2.39. The van der Waals surface area contributed by atoms with Gasteiger partial charge < -0.3 is 85.3 Å². The summed E-state index contributed by atoms with van der Waals surface area (Å²) in [5.74, 6) is -15.1. The van der Waals surface area contributed by atoms with Crippen LogP contribution in [0.5, 0.6) is 46.0 Å². The third-order valence-electron chi connectivity index (χ3n) is 10.4. The summed E-state index contributed by atoms with van der Waals surface area (Å²) in [6, 6.07) is 11.8. The lowest BCUT2D eigenvalue weighted by molar-refractivity contribution is -0.277. The van der Waals surface area contributed by atoms with Crippen LogP contribution in [-0.2, 0) is 46.2 Å². The van der Waals surface area contributed by atoms with E-state index in [0.29, 0.717) is 0 Å². The molecule has 21 heteroatoms. The van der Waals surface area contributed by atoms with Gasteiger partial charge >= 0.3 is 23.9 Å². The average Bonchev–Trinajstić information content (AvgIpc) is 3.23. The first-order valence-corrected chi connectivity index (χ1v) is 18.7. The molecule has 0 spiro atoms. The van der Waals surface area contributed by atoms with Crippen molar-refractivity contribution in [3.05, 3.63) is 100 Å². The number of carbonyl (C=O) groups is 4. The topological polar surface area (TPSA) is 368 Å². The minimum atomic E-state index is -2.06. The average molecular weight is 881 g/mol. The molecule has 1 aliphatic carbocycles. The van der Waals surface area contributed by atoms with E-state index in [-0.39, 0.29) is 27.8 Å². The van der Waals surface area contributed by atoms with Crippen molar-refractivity contribution in [2.45, 2.75) is 61.7 Å². The Morgan fingerprint density at radius 3 is 1.68 bits per heavy atom. The molecule has 9 unspecified atom stereocenters. The van der Waals surface area contributed by atoms with Gasteiger partial charge in [-0.15, -0.1) is 0 Å². The number of carboxylic acid groups (broad SMARTS) is 2. The van der Waals surface area contributed by atoms with Gasteiger partial charge in [-0.05, 0) is 82.4 Å². The third-order valence-corrected chi connectivity index (χ3v) is 10.4. The number of hydrogen-bond donors (Lipinski definition) is 13. The molecule has 1 saturated heterocycles. The summed E-state index contributed by atoms with van der Waals surface area (Å²) in [7, 11) is 0. The highest BCUT2D eigenvalue weighted by Gasteiger charge is 2.47. The molecule has 0 bridgehead atoms. The summed E-state index contributed by atoms with van der Waals surface area (Å²) < 4.78 is 22.0. The Kier molecular flexibility index (Phi) is 13.2. The first kappa shape index (κ1) is 45.2. The number of phenolic OH excluding ortho intramolecular Hbond substituents is 7. The first-order chi connectivity index (χ1) is 29.8. The third kappa shape index (κ3) is 9.61. The molecule has 0 radical (unpaired) electrons. The highest BCUT2D eigenvalue weighted by atomic mass is 16.7. The maximum atomic E-state index is 14.6. The molecule has 1 aliphatic heterocycles. The lowest BCUT2D eigenvalue weighted by atomic mass is 9.71. The second kappa shape index (κ2) is 18.4. The number of carbonyl (C=O) groups excluding carboxylic acids is 2. The van der Waals surface area contributed by atoms with Crippen molar-refractivity contribution in [3.8, 4) is 46.0 Å². The van der Waals surface area contributed by atoms with E-state index in [2.05, 4.69) is 0 Å². The van der Waals surface area contributed by atoms with E-state index in [1.807, 2.05) is 0 Å². The standard InChI is InChI=1S/C42H40O21/c43-15-32-35(51)36(52)37(53)42(63-32)62-29-14-20-19(13-28(29)50)11-21(40(58)60-30(38(54)55)9-16-1-4-22(44)25(47)7-16)34(33(20)18-3-6-24(46)27(49)12-18)41(59)61-31(39(56)57)10-17-2-5-23(45)26(48)8-17/h1-8,11-14,30-37,42-53H,9-10,15H2,(H,54,55)(H,56,57). The van der Waals surface area contributed by atoms with Crippen LogP contribution in [0.4, 0.5) is 0 Å². The van der Waals surface area contributed by atoms with E-state index in [9.17, 15) is 85.6 Å². The molecule has 334 valence electrons. The van der Waals surface area contributed by atoms with E-state index >= 15 is 0 Å². The van der Waals surface area contributed by atoms with E-state index < -0.39 is 150 Å². The van der Waals surface area contributed by atoms with Gasteiger partial charge in [0.1, 0.15) is 24.4 Å². The zero-order valence-electron chi connectivity index (χ0n) is 32.3. The second-order valence-corrected chi connectivity index (χ2v) is 14.6. The van der Waals surface area contributed by atoms with E-state index in [0.717, 1.165) is 54.6 Å². The van der Waals surface area contributed by atoms with Crippen LogP contribution in [0.2, 0.25) is 0 Å². The minimum Gasteiger partial charge on any atom is -0.504 e. The number of aliphatic hydroxyl groups excluding tert-OH is 4. The summed E-state index contributed by atoms with van der Waals surface area (Å²) in [5.41, 5.74) is -0.833. The van der Waals surface area contributed by atoms with Crippen molar-refractivity contribution in [2.24, 2.45) is 5.92 Å². The Bertz CT molecular complexity index is 2440. The van der Waals surface area contributed by atoms with Gasteiger partial charge in [-0.2, -0.15) is 0 Å². The molecule has 4 aromatic rings. The Labute approximate surface area is 354 Å². The molecule has 21 nitrogen and oxygen atoms in total. The van der Waals surface area contributed by atoms with Crippen LogP contribution in [-0.4, -0.2) is 140 Å². The van der Waals surface area contributed by atoms with Crippen molar-refractivity contribution in [1.82, 2.24) is 0 Å². The SMILES string of the molecule is O=C(OC(Cc1ccc(O)c(O)c1)C(=O)O)C1=Cc2cc(O)c(OC3OC(CO)C(O)C(O)C3O)cc2C(c2ccc(O)c(O)c2)C1C(=O)OC(Cc1ccc(O)c(O)c1)C(=O)O. The second-order valence-electron chi connectivity index (χ2n) is 14.6. The quantitative estimate of drug-likeness (QED) is 0.0603. The molecule has 1 fully saturated rings. The van der Waals surface area contributed by atoms with Gasteiger partial charge in [0.15, 0.2) is 46.0 Å². The van der Waals surface area contributed by atoms with Crippen LogP contribution in [0.3, 0.4) is 0 Å². The van der Waals surface area contributed by atoms with Gasteiger partial charge in [-0.1, -0.05) is 18.2 Å². The number of benzene rings is 4. The molecule has 0 aromatic heterocycles. The van der Waals surface area contributed by atoms with Crippen LogP contribution in [0.25, 0.3) is 6.08 Å². The molecule has 2 aliphatic rings. The van der Waals surface area contributed by atoms with Crippen molar-refractivity contribution < 1.29 is 105 Å². The summed E-state index contributed by atoms with van der Waals surface area (Å²) in [5, 5.41) is 133. The number of ether oxygens (including phenoxy) is 4. The summed E-state index contributed by atoms with van der Waals surface area (Å²) in [6.45, 7) is -0.841. The zero-order valence-corrected chi connectivity index (χ0v) is 32.3. The number of aromatic hydroxyl groups is 7. The number of aliphatic carboxylic acids is 2. The zero-order chi connectivity index (χ0) is 46.0. The number of carboxylic acids is 2. The molecule has 4 aromatic carbocycles. The Balaban J connectivity index is 1.49. The summed E-state index contributed by atoms with van der Waals surface area (Å²) in [4.78, 5) is 53.9. The predicted octanol–water partition coefficient (Wildman–Crippen LogP) is 0.428.